The van der Waals surface area contributed by atoms with E-state index in [9.17, 15) is 9.59 Å². The van der Waals surface area contributed by atoms with E-state index in [1.54, 1.807) is 47.1 Å². The number of allylic oxidation sites excluding steroid dienone is 1. The van der Waals surface area contributed by atoms with E-state index in [1.807, 2.05) is 0 Å². The predicted molar refractivity (Wildman–Crippen MR) is 91.1 cm³/mol. The van der Waals surface area contributed by atoms with Gasteiger partial charge >= 0.3 is 5.97 Å². The van der Waals surface area contributed by atoms with Gasteiger partial charge in [-0.05, 0) is 19.1 Å². The molecular formula is C18H20N4O3. The summed E-state index contributed by atoms with van der Waals surface area (Å²) in [6.45, 7) is 7.16. The fourth-order valence-corrected chi connectivity index (χ4v) is 2.97. The van der Waals surface area contributed by atoms with Crippen LogP contribution in [0.15, 0.2) is 37.2 Å². The van der Waals surface area contributed by atoms with Crippen molar-refractivity contribution in [3.63, 3.8) is 0 Å². The minimum Gasteiger partial charge on any atom is -0.461 e. The average Bonchev–Trinajstić information content (AvgIpc) is 3.00. The van der Waals surface area contributed by atoms with Gasteiger partial charge in [0.1, 0.15) is 0 Å². The summed E-state index contributed by atoms with van der Waals surface area (Å²) < 4.78 is 6.88. The van der Waals surface area contributed by atoms with Crippen LogP contribution in [0, 0.1) is 0 Å². The van der Waals surface area contributed by atoms with Crippen LogP contribution in [0.2, 0.25) is 0 Å². The zero-order valence-corrected chi connectivity index (χ0v) is 14.1. The molecule has 3 rings (SSSR count). The predicted octanol–water partition coefficient (Wildman–Crippen LogP) is 1.84. The third kappa shape index (κ3) is 3.31. The number of carbonyl (C=O) groups excluding carboxylic acids is 2. The number of rotatable bonds is 5. The summed E-state index contributed by atoms with van der Waals surface area (Å²) in [6, 6.07) is 3.47. The Labute approximate surface area is 145 Å². The summed E-state index contributed by atoms with van der Waals surface area (Å²) in [5.74, 6) is -0.567. The van der Waals surface area contributed by atoms with Crippen LogP contribution in [0.4, 0.5) is 0 Å². The SMILES string of the molecule is C=CCn1nc(C(=O)OCC)c2c1CCN(C(=O)c1cccnc1)C2. The number of fused-ring (bicyclic) bond motifs is 1. The lowest BCUT2D eigenvalue weighted by atomic mass is 10.0. The number of amides is 1. The normalized spacial score (nSPS) is 13.2. The van der Waals surface area contributed by atoms with Crippen molar-refractivity contribution < 1.29 is 14.3 Å². The second kappa shape index (κ2) is 7.29. The Hall–Kier alpha value is -2.96. The second-order valence-electron chi connectivity index (χ2n) is 5.68. The molecule has 0 N–H and O–H groups in total. The van der Waals surface area contributed by atoms with Crippen molar-refractivity contribution in [2.75, 3.05) is 13.2 Å². The molecule has 0 bridgehead atoms. The fraction of sp³-hybridized carbons (Fsp3) is 0.333. The van der Waals surface area contributed by atoms with Crippen LogP contribution in [0.3, 0.4) is 0 Å². The molecule has 0 saturated carbocycles. The number of hydrogen-bond donors (Lipinski definition) is 0. The highest BCUT2D eigenvalue weighted by Crippen LogP contribution is 2.24. The highest BCUT2D eigenvalue weighted by molar-refractivity contribution is 5.94. The van der Waals surface area contributed by atoms with Crippen LogP contribution in [0.25, 0.3) is 0 Å². The van der Waals surface area contributed by atoms with E-state index in [0.29, 0.717) is 31.6 Å². The Morgan fingerprint density at radius 1 is 1.44 bits per heavy atom. The Balaban J connectivity index is 1.92. The molecule has 7 nitrogen and oxygen atoms in total. The molecule has 0 aliphatic carbocycles. The van der Waals surface area contributed by atoms with Gasteiger partial charge < -0.3 is 9.64 Å². The van der Waals surface area contributed by atoms with E-state index in [4.69, 9.17) is 4.74 Å². The Bertz CT molecular complexity index is 798. The van der Waals surface area contributed by atoms with Gasteiger partial charge in [-0.15, -0.1) is 6.58 Å². The van der Waals surface area contributed by atoms with Crippen molar-refractivity contribution >= 4 is 11.9 Å². The molecule has 1 aliphatic rings. The molecule has 0 aromatic carbocycles. The first kappa shape index (κ1) is 16.9. The number of ether oxygens (including phenoxy) is 1. The van der Waals surface area contributed by atoms with E-state index in [-0.39, 0.29) is 18.2 Å². The molecule has 0 atom stereocenters. The molecule has 25 heavy (non-hydrogen) atoms. The first-order chi connectivity index (χ1) is 12.2. The summed E-state index contributed by atoms with van der Waals surface area (Å²) in [4.78, 5) is 30.6. The van der Waals surface area contributed by atoms with Gasteiger partial charge in [0.15, 0.2) is 5.69 Å². The molecule has 130 valence electrons. The van der Waals surface area contributed by atoms with Gasteiger partial charge in [-0.25, -0.2) is 4.79 Å². The minimum atomic E-state index is -0.461. The Morgan fingerprint density at radius 2 is 2.28 bits per heavy atom. The van der Waals surface area contributed by atoms with Crippen molar-refractivity contribution in [3.8, 4) is 0 Å². The maximum Gasteiger partial charge on any atom is 0.359 e. The Morgan fingerprint density at radius 3 is 2.96 bits per heavy atom. The average molecular weight is 340 g/mol. The van der Waals surface area contributed by atoms with E-state index in [1.165, 1.54) is 0 Å². The third-order valence-electron chi connectivity index (χ3n) is 4.10. The summed E-state index contributed by atoms with van der Waals surface area (Å²) in [5, 5.41) is 4.39. The quantitative estimate of drug-likeness (QED) is 0.613. The number of aromatic nitrogens is 3. The lowest BCUT2D eigenvalue weighted by Crippen LogP contribution is -2.36. The van der Waals surface area contributed by atoms with Gasteiger partial charge in [-0.3, -0.25) is 14.5 Å². The molecule has 3 heterocycles. The van der Waals surface area contributed by atoms with Crippen LogP contribution in [0.5, 0.6) is 0 Å². The van der Waals surface area contributed by atoms with E-state index in [0.717, 1.165) is 11.3 Å². The number of nitrogens with zero attached hydrogens (tertiary/aromatic N) is 4. The standard InChI is InChI=1S/C18H20N4O3/c1-3-9-22-15-7-10-21(17(23)13-6-5-8-19-11-13)12-14(15)16(20-22)18(24)25-4-2/h3,5-6,8,11H,1,4,7,9-10,12H2,2H3. The molecule has 7 heteroatoms. The maximum absolute atomic E-state index is 12.7. The number of carbonyl (C=O) groups is 2. The molecule has 2 aromatic heterocycles. The van der Waals surface area contributed by atoms with Gasteiger partial charge in [-0.1, -0.05) is 6.08 Å². The van der Waals surface area contributed by atoms with Gasteiger partial charge in [0.25, 0.3) is 5.91 Å². The Kier molecular flexibility index (Phi) is 4.92. The van der Waals surface area contributed by atoms with Gasteiger partial charge in [0, 0.05) is 36.6 Å². The topological polar surface area (TPSA) is 77.3 Å². The van der Waals surface area contributed by atoms with Crippen LogP contribution in [-0.4, -0.2) is 44.7 Å². The molecule has 0 fully saturated rings. The van der Waals surface area contributed by atoms with Gasteiger partial charge in [-0.2, -0.15) is 5.10 Å². The van der Waals surface area contributed by atoms with Crippen molar-refractivity contribution in [3.05, 3.63) is 59.7 Å². The molecule has 0 unspecified atom stereocenters. The smallest absolute Gasteiger partial charge is 0.359 e. The number of hydrogen-bond acceptors (Lipinski definition) is 5. The van der Waals surface area contributed by atoms with Crippen LogP contribution < -0.4 is 0 Å². The monoisotopic (exact) mass is 340 g/mol. The molecule has 2 aromatic rings. The fourth-order valence-electron chi connectivity index (χ4n) is 2.97. The minimum absolute atomic E-state index is 0.106. The van der Waals surface area contributed by atoms with E-state index >= 15 is 0 Å². The van der Waals surface area contributed by atoms with Crippen LogP contribution in [-0.2, 0) is 24.2 Å². The van der Waals surface area contributed by atoms with Crippen molar-refractivity contribution in [1.29, 1.82) is 0 Å². The van der Waals surface area contributed by atoms with E-state index in [2.05, 4.69) is 16.7 Å². The summed E-state index contributed by atoms with van der Waals surface area (Å²) >= 11 is 0. The molecule has 1 amide bonds. The van der Waals surface area contributed by atoms with Crippen LogP contribution >= 0.6 is 0 Å². The summed E-state index contributed by atoms with van der Waals surface area (Å²) in [5.41, 5.74) is 2.52. The second-order valence-corrected chi connectivity index (χ2v) is 5.68. The molecule has 0 radical (unpaired) electrons. The zero-order valence-electron chi connectivity index (χ0n) is 14.1. The van der Waals surface area contributed by atoms with Crippen LogP contribution in [0.1, 0.15) is 39.0 Å². The molecule has 0 saturated heterocycles. The molecule has 0 spiro atoms. The highest BCUT2D eigenvalue weighted by atomic mass is 16.5. The lowest BCUT2D eigenvalue weighted by molar-refractivity contribution is 0.0513. The molecular weight excluding hydrogens is 320 g/mol. The number of pyridine rings is 1. The van der Waals surface area contributed by atoms with Gasteiger partial charge in [0.2, 0.25) is 0 Å². The van der Waals surface area contributed by atoms with E-state index < -0.39 is 5.97 Å². The molecule has 1 aliphatic heterocycles. The first-order valence-electron chi connectivity index (χ1n) is 8.21. The third-order valence-corrected chi connectivity index (χ3v) is 4.10. The van der Waals surface area contributed by atoms with Gasteiger partial charge in [0.05, 0.1) is 25.3 Å². The largest absolute Gasteiger partial charge is 0.461 e. The van der Waals surface area contributed by atoms with Crippen molar-refractivity contribution in [2.24, 2.45) is 0 Å². The summed E-state index contributed by atoms with van der Waals surface area (Å²) in [7, 11) is 0. The maximum atomic E-state index is 12.7. The summed E-state index contributed by atoms with van der Waals surface area (Å²) in [6.07, 6.45) is 5.53. The van der Waals surface area contributed by atoms with Crippen molar-refractivity contribution in [2.45, 2.75) is 26.4 Å². The highest BCUT2D eigenvalue weighted by Gasteiger charge is 2.30. The lowest BCUT2D eigenvalue weighted by Gasteiger charge is -2.27. The zero-order chi connectivity index (χ0) is 17.8. The first-order valence-corrected chi connectivity index (χ1v) is 8.21. The number of esters is 1. The van der Waals surface area contributed by atoms with Crippen molar-refractivity contribution in [1.82, 2.24) is 19.7 Å².